The summed E-state index contributed by atoms with van der Waals surface area (Å²) in [5.74, 6) is 0.804. The number of rotatable bonds is 4. The average molecular weight is 464 g/mol. The van der Waals surface area contributed by atoms with Crippen LogP contribution in [-0.2, 0) is 18.5 Å². The van der Waals surface area contributed by atoms with Gasteiger partial charge < -0.3 is 10.6 Å². The number of aryl methyl sites for hydroxylation is 1. The summed E-state index contributed by atoms with van der Waals surface area (Å²) in [6.07, 6.45) is 0. The minimum atomic E-state index is 0. The third kappa shape index (κ3) is 6.39. The Morgan fingerprint density at radius 3 is 2.43 bits per heavy atom. The summed E-state index contributed by atoms with van der Waals surface area (Å²) in [5, 5.41) is 9.88. The molecule has 0 aliphatic rings. The van der Waals surface area contributed by atoms with Gasteiger partial charge in [0, 0.05) is 27.6 Å². The van der Waals surface area contributed by atoms with Gasteiger partial charge in [0.15, 0.2) is 5.96 Å². The lowest BCUT2D eigenvalue weighted by Gasteiger charge is -2.14. The molecule has 0 aliphatic heterocycles. The lowest BCUT2D eigenvalue weighted by Crippen LogP contribution is -2.36. The van der Waals surface area contributed by atoms with Gasteiger partial charge in [0.1, 0.15) is 5.01 Å². The molecule has 2 rings (SSSR count). The molecule has 0 saturated carbocycles. The van der Waals surface area contributed by atoms with Crippen LogP contribution in [0, 0.1) is 6.92 Å². The maximum absolute atomic E-state index is 4.68. The van der Waals surface area contributed by atoms with E-state index in [0.717, 1.165) is 23.2 Å². The highest BCUT2D eigenvalue weighted by Crippen LogP contribution is 2.23. The van der Waals surface area contributed by atoms with Gasteiger partial charge in [0.25, 0.3) is 0 Å². The minimum Gasteiger partial charge on any atom is -0.352 e. The molecule has 23 heavy (non-hydrogen) atoms. The molecule has 0 bridgehead atoms. The Morgan fingerprint density at radius 2 is 1.91 bits per heavy atom. The van der Waals surface area contributed by atoms with Crippen LogP contribution in [0.3, 0.4) is 0 Å². The van der Waals surface area contributed by atoms with E-state index in [1.165, 1.54) is 9.75 Å². The van der Waals surface area contributed by atoms with Gasteiger partial charge in [0.05, 0.1) is 18.8 Å². The molecule has 2 aromatic rings. The molecule has 0 unspecified atom stereocenters. The summed E-state index contributed by atoms with van der Waals surface area (Å²) in [6.45, 7) is 10.2. The summed E-state index contributed by atoms with van der Waals surface area (Å²) in [5.41, 5.74) is 1.25. The summed E-state index contributed by atoms with van der Waals surface area (Å²) in [6, 6.07) is 4.29. The van der Waals surface area contributed by atoms with E-state index in [2.05, 4.69) is 65.8 Å². The van der Waals surface area contributed by atoms with E-state index in [1.54, 1.807) is 29.7 Å². The number of halogens is 1. The molecule has 7 heteroatoms. The molecule has 0 aliphatic carbocycles. The molecule has 0 saturated heterocycles. The van der Waals surface area contributed by atoms with Gasteiger partial charge in [-0.15, -0.1) is 46.7 Å². The van der Waals surface area contributed by atoms with Crippen LogP contribution in [0.25, 0.3) is 0 Å². The maximum Gasteiger partial charge on any atom is 0.191 e. The first-order valence-electron chi connectivity index (χ1n) is 7.33. The summed E-state index contributed by atoms with van der Waals surface area (Å²) in [7, 11) is 1.79. The number of aromatic nitrogens is 1. The minimum absolute atomic E-state index is 0. The first-order valence-corrected chi connectivity index (χ1v) is 9.03. The van der Waals surface area contributed by atoms with Crippen LogP contribution in [0.15, 0.2) is 22.5 Å². The van der Waals surface area contributed by atoms with Crippen molar-refractivity contribution < 1.29 is 0 Å². The molecule has 0 aromatic carbocycles. The van der Waals surface area contributed by atoms with Crippen LogP contribution < -0.4 is 10.6 Å². The number of thiophene rings is 1. The van der Waals surface area contributed by atoms with Gasteiger partial charge in [-0.05, 0) is 19.1 Å². The summed E-state index contributed by atoms with van der Waals surface area (Å²) in [4.78, 5) is 11.6. The largest absolute Gasteiger partial charge is 0.352 e. The predicted molar refractivity (Wildman–Crippen MR) is 112 cm³/mol. The highest BCUT2D eigenvalue weighted by molar-refractivity contribution is 14.0. The van der Waals surface area contributed by atoms with Crippen LogP contribution in [0.5, 0.6) is 0 Å². The zero-order chi connectivity index (χ0) is 16.2. The molecule has 0 fully saturated rings. The second-order valence-electron chi connectivity index (χ2n) is 6.17. The SMILES string of the molecule is CN=C(NCc1ccc(C)s1)NCc1nc(C(C)(C)C)cs1.I. The van der Waals surface area contributed by atoms with E-state index in [-0.39, 0.29) is 29.4 Å². The standard InChI is InChI=1S/C16H24N4S2.HI/c1-11-6-7-12(22-11)8-18-15(17-5)19-9-14-20-13(10-21-14)16(2,3)4;/h6-7,10H,8-9H2,1-5H3,(H2,17,18,19);1H. The predicted octanol–water partition coefficient (Wildman–Crippen LogP) is 4.29. The number of hydrogen-bond acceptors (Lipinski definition) is 4. The van der Waals surface area contributed by atoms with E-state index < -0.39 is 0 Å². The lowest BCUT2D eigenvalue weighted by molar-refractivity contribution is 0.570. The third-order valence-corrected chi connectivity index (χ3v) is 5.03. The van der Waals surface area contributed by atoms with E-state index in [4.69, 9.17) is 0 Å². The monoisotopic (exact) mass is 464 g/mol. The molecule has 4 nitrogen and oxygen atoms in total. The number of aliphatic imine (C=N–C) groups is 1. The van der Waals surface area contributed by atoms with E-state index >= 15 is 0 Å². The molecule has 0 radical (unpaired) electrons. The van der Waals surface area contributed by atoms with Crippen molar-refractivity contribution in [2.24, 2.45) is 4.99 Å². The second kappa shape index (κ2) is 8.98. The Bertz CT molecular complexity index is 641. The number of thiazole rings is 1. The summed E-state index contributed by atoms with van der Waals surface area (Å²) >= 11 is 3.50. The van der Waals surface area contributed by atoms with E-state index in [1.807, 2.05) is 0 Å². The fourth-order valence-corrected chi connectivity index (χ4v) is 3.66. The first-order chi connectivity index (χ1) is 10.4. The highest BCUT2D eigenvalue weighted by atomic mass is 127. The van der Waals surface area contributed by atoms with Crippen molar-refractivity contribution >= 4 is 52.6 Å². The van der Waals surface area contributed by atoms with Crippen LogP contribution in [-0.4, -0.2) is 18.0 Å². The molecule has 2 heterocycles. The van der Waals surface area contributed by atoms with Crippen LogP contribution in [0.4, 0.5) is 0 Å². The zero-order valence-electron chi connectivity index (χ0n) is 14.3. The quantitative estimate of drug-likeness (QED) is 0.403. The molecule has 0 atom stereocenters. The number of nitrogens with one attached hydrogen (secondary N) is 2. The van der Waals surface area contributed by atoms with Gasteiger partial charge in [-0.3, -0.25) is 4.99 Å². The van der Waals surface area contributed by atoms with E-state index in [9.17, 15) is 0 Å². The smallest absolute Gasteiger partial charge is 0.191 e. The third-order valence-electron chi connectivity index (χ3n) is 3.18. The highest BCUT2D eigenvalue weighted by Gasteiger charge is 2.17. The zero-order valence-corrected chi connectivity index (χ0v) is 18.2. The van der Waals surface area contributed by atoms with Crippen molar-refractivity contribution in [1.29, 1.82) is 0 Å². The van der Waals surface area contributed by atoms with Gasteiger partial charge in [0.2, 0.25) is 0 Å². The Hall–Kier alpha value is -0.670. The second-order valence-corrected chi connectivity index (χ2v) is 8.48. The van der Waals surface area contributed by atoms with Crippen molar-refractivity contribution in [3.63, 3.8) is 0 Å². The summed E-state index contributed by atoms with van der Waals surface area (Å²) < 4.78 is 0. The van der Waals surface area contributed by atoms with Crippen molar-refractivity contribution in [1.82, 2.24) is 15.6 Å². The molecule has 128 valence electrons. The number of nitrogens with zero attached hydrogens (tertiary/aromatic N) is 2. The fraction of sp³-hybridized carbons (Fsp3) is 0.500. The lowest BCUT2D eigenvalue weighted by atomic mass is 9.93. The van der Waals surface area contributed by atoms with Gasteiger partial charge in [-0.2, -0.15) is 0 Å². The fourth-order valence-electron chi connectivity index (χ4n) is 1.87. The Labute approximate surface area is 163 Å². The first kappa shape index (κ1) is 20.4. The van der Waals surface area contributed by atoms with Crippen molar-refractivity contribution in [3.8, 4) is 0 Å². The molecular weight excluding hydrogens is 439 g/mol. The van der Waals surface area contributed by atoms with Crippen LogP contribution >= 0.6 is 46.7 Å². The topological polar surface area (TPSA) is 49.3 Å². The Balaban J connectivity index is 0.00000264. The Kier molecular flexibility index (Phi) is 7.96. The van der Waals surface area contributed by atoms with E-state index in [0.29, 0.717) is 6.54 Å². The number of hydrogen-bond donors (Lipinski definition) is 2. The average Bonchev–Trinajstić information content (AvgIpc) is 3.07. The molecular formula is C16H25IN4S2. The van der Waals surface area contributed by atoms with Crippen molar-refractivity contribution in [2.75, 3.05) is 7.05 Å². The van der Waals surface area contributed by atoms with Gasteiger partial charge in [-0.25, -0.2) is 4.98 Å². The molecule has 2 aromatic heterocycles. The molecule has 0 amide bonds. The maximum atomic E-state index is 4.68. The van der Waals surface area contributed by atoms with Gasteiger partial charge >= 0.3 is 0 Å². The van der Waals surface area contributed by atoms with Gasteiger partial charge in [-0.1, -0.05) is 20.8 Å². The Morgan fingerprint density at radius 1 is 1.22 bits per heavy atom. The van der Waals surface area contributed by atoms with Crippen molar-refractivity contribution in [3.05, 3.63) is 38.0 Å². The number of guanidine groups is 1. The van der Waals surface area contributed by atoms with Crippen molar-refractivity contribution in [2.45, 2.75) is 46.2 Å². The molecule has 2 N–H and O–H groups in total. The van der Waals surface area contributed by atoms with Crippen LogP contribution in [0.1, 0.15) is 41.2 Å². The molecule has 0 spiro atoms. The normalized spacial score (nSPS) is 12.0. The van der Waals surface area contributed by atoms with Crippen LogP contribution in [0.2, 0.25) is 0 Å².